The van der Waals surface area contributed by atoms with Gasteiger partial charge in [-0.2, -0.15) is 13.2 Å². The van der Waals surface area contributed by atoms with E-state index in [1.807, 2.05) is 36.2 Å². The molecule has 3 rings (SSSR count). The van der Waals surface area contributed by atoms with Crippen molar-refractivity contribution in [2.24, 2.45) is 0 Å². The third kappa shape index (κ3) is 3.70. The summed E-state index contributed by atoms with van der Waals surface area (Å²) in [6.07, 6.45) is -4.30. The van der Waals surface area contributed by atoms with Crippen LogP contribution in [-0.2, 0) is 19.3 Å². The summed E-state index contributed by atoms with van der Waals surface area (Å²) in [5.41, 5.74) is 2.16. The number of rotatable bonds is 2. The number of fused-ring (bicyclic) bond motifs is 1. The van der Waals surface area contributed by atoms with Gasteiger partial charge in [-0.1, -0.05) is 34.1 Å². The van der Waals surface area contributed by atoms with Gasteiger partial charge in [-0.25, -0.2) is 0 Å². The number of alkyl halides is 3. The maximum absolute atomic E-state index is 12.8. The third-order valence-corrected chi connectivity index (χ3v) is 4.48. The molecule has 2 nitrogen and oxygen atoms in total. The molecule has 0 saturated heterocycles. The van der Waals surface area contributed by atoms with Gasteiger partial charge in [0.2, 0.25) is 0 Å². The van der Waals surface area contributed by atoms with E-state index in [2.05, 4.69) is 20.8 Å². The van der Waals surface area contributed by atoms with Gasteiger partial charge in [-0.05, 0) is 35.4 Å². The van der Waals surface area contributed by atoms with Crippen LogP contribution in [0.2, 0.25) is 0 Å². The Morgan fingerprint density at radius 2 is 1.78 bits per heavy atom. The fourth-order valence-corrected chi connectivity index (χ4v) is 3.11. The molecule has 1 aliphatic rings. The number of anilines is 1. The zero-order valence-electron chi connectivity index (χ0n) is 12.6. The van der Waals surface area contributed by atoms with Crippen LogP contribution in [0.3, 0.4) is 0 Å². The molecule has 6 heteroatoms. The van der Waals surface area contributed by atoms with Crippen LogP contribution >= 0.6 is 15.9 Å². The predicted octanol–water partition coefficient (Wildman–Crippen LogP) is 4.88. The lowest BCUT2D eigenvalue weighted by Crippen LogP contribution is -2.39. The van der Waals surface area contributed by atoms with Gasteiger partial charge >= 0.3 is 6.18 Å². The van der Waals surface area contributed by atoms with E-state index in [4.69, 9.17) is 0 Å². The Hall–Kier alpha value is -1.53. The molecular formula is C17H16BrF3N2. The summed E-state index contributed by atoms with van der Waals surface area (Å²) in [6.45, 7) is 2.01. The van der Waals surface area contributed by atoms with Crippen molar-refractivity contribution < 1.29 is 13.2 Å². The second-order valence-corrected chi connectivity index (χ2v) is 6.71. The molecule has 0 aromatic heterocycles. The Morgan fingerprint density at radius 1 is 1.09 bits per heavy atom. The van der Waals surface area contributed by atoms with Crippen molar-refractivity contribution in [2.45, 2.75) is 19.3 Å². The quantitative estimate of drug-likeness (QED) is 0.727. The molecule has 0 saturated carbocycles. The van der Waals surface area contributed by atoms with E-state index in [1.165, 1.54) is 11.6 Å². The maximum Gasteiger partial charge on any atom is 0.416 e. The largest absolute Gasteiger partial charge is 0.416 e. The predicted molar refractivity (Wildman–Crippen MR) is 88.1 cm³/mol. The Labute approximate surface area is 141 Å². The zero-order chi connectivity index (χ0) is 16.6. The molecule has 0 spiro atoms. The average Bonchev–Trinajstić information content (AvgIpc) is 2.48. The number of hydrogen-bond donors (Lipinski definition) is 0. The van der Waals surface area contributed by atoms with Crippen molar-refractivity contribution >= 4 is 21.6 Å². The second kappa shape index (κ2) is 6.17. The highest BCUT2D eigenvalue weighted by atomic mass is 79.9. The van der Waals surface area contributed by atoms with Crippen LogP contribution in [-0.4, -0.2) is 18.6 Å². The van der Waals surface area contributed by atoms with Crippen molar-refractivity contribution in [3.05, 3.63) is 63.6 Å². The van der Waals surface area contributed by atoms with E-state index in [0.29, 0.717) is 18.9 Å². The smallest absolute Gasteiger partial charge is 0.361 e. The SMILES string of the molecule is CN1CN(Cc2ccc(Br)cc2)Cc2ccc(C(F)(F)F)cc21. The van der Waals surface area contributed by atoms with Crippen LogP contribution < -0.4 is 4.90 Å². The fraction of sp³-hybridized carbons (Fsp3) is 0.294. The lowest BCUT2D eigenvalue weighted by atomic mass is 10.0. The Kier molecular flexibility index (Phi) is 4.38. The summed E-state index contributed by atoms with van der Waals surface area (Å²) >= 11 is 3.41. The minimum Gasteiger partial charge on any atom is -0.361 e. The van der Waals surface area contributed by atoms with Crippen molar-refractivity contribution in [3.8, 4) is 0 Å². The van der Waals surface area contributed by atoms with Crippen molar-refractivity contribution in [2.75, 3.05) is 18.6 Å². The van der Waals surface area contributed by atoms with Crippen LogP contribution in [0.5, 0.6) is 0 Å². The summed E-state index contributed by atoms with van der Waals surface area (Å²) in [5.74, 6) is 0. The van der Waals surface area contributed by atoms with E-state index < -0.39 is 11.7 Å². The molecule has 1 aliphatic heterocycles. The van der Waals surface area contributed by atoms with Gasteiger partial charge in [0, 0.05) is 30.3 Å². The number of benzene rings is 2. The van der Waals surface area contributed by atoms with Gasteiger partial charge in [-0.3, -0.25) is 4.90 Å². The minimum atomic E-state index is -4.30. The highest BCUT2D eigenvalue weighted by Gasteiger charge is 2.32. The highest BCUT2D eigenvalue weighted by Crippen LogP contribution is 2.35. The molecule has 0 fully saturated rings. The van der Waals surface area contributed by atoms with E-state index in [-0.39, 0.29) is 0 Å². The summed E-state index contributed by atoms with van der Waals surface area (Å²) in [7, 11) is 1.83. The molecule has 0 N–H and O–H groups in total. The first-order valence-electron chi connectivity index (χ1n) is 7.21. The lowest BCUT2D eigenvalue weighted by Gasteiger charge is -2.36. The number of hydrogen-bond acceptors (Lipinski definition) is 2. The minimum absolute atomic E-state index is 0.593. The van der Waals surface area contributed by atoms with Gasteiger partial charge in [0.05, 0.1) is 12.2 Å². The molecular weight excluding hydrogens is 369 g/mol. The van der Waals surface area contributed by atoms with Crippen LogP contribution in [0.25, 0.3) is 0 Å². The maximum atomic E-state index is 12.8. The summed E-state index contributed by atoms with van der Waals surface area (Å²) in [4.78, 5) is 4.08. The Bertz CT molecular complexity index is 698. The number of halogens is 4. The summed E-state index contributed by atoms with van der Waals surface area (Å²) in [6, 6.07) is 12.1. The Balaban J connectivity index is 1.79. The lowest BCUT2D eigenvalue weighted by molar-refractivity contribution is -0.137. The summed E-state index contributed by atoms with van der Waals surface area (Å²) in [5, 5.41) is 0. The molecule has 0 atom stereocenters. The molecule has 122 valence electrons. The van der Waals surface area contributed by atoms with Crippen molar-refractivity contribution in [1.82, 2.24) is 4.90 Å². The first-order valence-corrected chi connectivity index (χ1v) is 8.00. The fourth-order valence-electron chi connectivity index (χ4n) is 2.85. The molecule has 0 aliphatic carbocycles. The zero-order valence-corrected chi connectivity index (χ0v) is 14.2. The molecule has 2 aromatic carbocycles. The van der Waals surface area contributed by atoms with Gasteiger partial charge in [0.1, 0.15) is 0 Å². The molecule has 0 amide bonds. The van der Waals surface area contributed by atoms with Gasteiger partial charge in [0.25, 0.3) is 0 Å². The van der Waals surface area contributed by atoms with Crippen LogP contribution in [0.1, 0.15) is 16.7 Å². The van der Waals surface area contributed by atoms with Crippen molar-refractivity contribution in [3.63, 3.8) is 0 Å². The van der Waals surface area contributed by atoms with E-state index >= 15 is 0 Å². The monoisotopic (exact) mass is 384 g/mol. The molecule has 0 bridgehead atoms. The van der Waals surface area contributed by atoms with Crippen LogP contribution in [0, 0.1) is 0 Å². The van der Waals surface area contributed by atoms with Gasteiger partial charge in [-0.15, -0.1) is 0 Å². The van der Waals surface area contributed by atoms with Gasteiger partial charge < -0.3 is 4.90 Å². The third-order valence-electron chi connectivity index (χ3n) is 3.95. The molecule has 0 radical (unpaired) electrons. The van der Waals surface area contributed by atoms with E-state index in [9.17, 15) is 13.2 Å². The van der Waals surface area contributed by atoms with E-state index in [0.717, 1.165) is 22.6 Å². The normalized spacial score (nSPS) is 15.6. The Morgan fingerprint density at radius 3 is 2.43 bits per heavy atom. The van der Waals surface area contributed by atoms with Crippen LogP contribution in [0.4, 0.5) is 18.9 Å². The molecule has 23 heavy (non-hydrogen) atoms. The molecule has 2 aromatic rings. The number of nitrogens with zero attached hydrogens (tertiary/aromatic N) is 2. The highest BCUT2D eigenvalue weighted by molar-refractivity contribution is 9.10. The standard InChI is InChI=1S/C17H16BrF3N2/c1-22-11-23(9-12-2-6-15(18)7-3-12)10-13-4-5-14(8-16(13)22)17(19,20)21/h2-8H,9-11H2,1H3. The molecule has 0 unspecified atom stereocenters. The van der Waals surface area contributed by atoms with Gasteiger partial charge in [0.15, 0.2) is 0 Å². The first kappa shape index (κ1) is 16.3. The van der Waals surface area contributed by atoms with Crippen LogP contribution in [0.15, 0.2) is 46.9 Å². The topological polar surface area (TPSA) is 6.48 Å². The first-order chi connectivity index (χ1) is 10.8. The molecule has 1 heterocycles. The average molecular weight is 385 g/mol. The van der Waals surface area contributed by atoms with Crippen molar-refractivity contribution in [1.29, 1.82) is 0 Å². The summed E-state index contributed by atoms with van der Waals surface area (Å²) < 4.78 is 39.6. The van der Waals surface area contributed by atoms with E-state index in [1.54, 1.807) is 6.07 Å². The second-order valence-electron chi connectivity index (χ2n) is 5.79.